The number of anilines is 1. The number of para-hydroxylation sites is 1. The Hall–Kier alpha value is -1.48. The van der Waals surface area contributed by atoms with Gasteiger partial charge >= 0.3 is 0 Å². The van der Waals surface area contributed by atoms with E-state index in [0.29, 0.717) is 18.7 Å². The minimum absolute atomic E-state index is 0.135. The topological polar surface area (TPSA) is 97.1 Å². The Balaban J connectivity index is 2.05. The second-order valence-corrected chi connectivity index (χ2v) is 6.22. The minimum Gasteiger partial charge on any atom is -0.323 e. The number of nitrogens with zero attached hydrogens (tertiary/aromatic N) is 1. The summed E-state index contributed by atoms with van der Waals surface area (Å²) in [6.45, 7) is 0.297. The molecular formula is C11H14N4O2S2. The van der Waals surface area contributed by atoms with Gasteiger partial charge in [0.1, 0.15) is 4.90 Å². The van der Waals surface area contributed by atoms with Gasteiger partial charge in [0.25, 0.3) is 0 Å². The van der Waals surface area contributed by atoms with E-state index in [9.17, 15) is 8.42 Å². The zero-order valence-electron chi connectivity index (χ0n) is 10.0. The molecule has 102 valence electrons. The second-order valence-electron chi connectivity index (χ2n) is 3.77. The number of benzene rings is 1. The normalized spacial score (nSPS) is 11.4. The van der Waals surface area contributed by atoms with E-state index in [1.165, 1.54) is 17.4 Å². The van der Waals surface area contributed by atoms with Crippen LogP contribution in [0.25, 0.3) is 0 Å². The molecule has 0 radical (unpaired) electrons. The first-order valence-electron chi connectivity index (χ1n) is 5.56. The molecule has 6 nitrogen and oxygen atoms in total. The van der Waals surface area contributed by atoms with Gasteiger partial charge < -0.3 is 5.43 Å². The van der Waals surface area contributed by atoms with Gasteiger partial charge in [0.2, 0.25) is 10.0 Å². The first-order chi connectivity index (χ1) is 9.13. The maximum atomic E-state index is 12.1. The molecular weight excluding hydrogens is 284 g/mol. The van der Waals surface area contributed by atoms with E-state index in [-0.39, 0.29) is 4.90 Å². The lowest BCUT2D eigenvalue weighted by molar-refractivity contribution is 0.581. The van der Waals surface area contributed by atoms with Crippen LogP contribution < -0.4 is 16.0 Å². The van der Waals surface area contributed by atoms with Crippen LogP contribution in [0.1, 0.15) is 5.69 Å². The molecule has 8 heteroatoms. The summed E-state index contributed by atoms with van der Waals surface area (Å²) >= 11 is 1.49. The molecule has 0 fully saturated rings. The first-order valence-corrected chi connectivity index (χ1v) is 7.98. The molecule has 0 aliphatic heterocycles. The predicted octanol–water partition coefficient (Wildman–Crippen LogP) is 0.950. The van der Waals surface area contributed by atoms with Gasteiger partial charge in [0, 0.05) is 18.3 Å². The van der Waals surface area contributed by atoms with E-state index in [1.807, 2.05) is 5.38 Å². The maximum Gasteiger partial charge on any atom is 0.242 e. The quantitative estimate of drug-likeness (QED) is 0.545. The van der Waals surface area contributed by atoms with Crippen LogP contribution >= 0.6 is 11.3 Å². The fourth-order valence-electron chi connectivity index (χ4n) is 1.57. The van der Waals surface area contributed by atoms with Gasteiger partial charge in [-0.2, -0.15) is 0 Å². The first kappa shape index (κ1) is 13.9. The molecule has 0 spiro atoms. The molecule has 0 saturated heterocycles. The third-order valence-corrected chi connectivity index (χ3v) is 4.64. The molecule has 0 saturated carbocycles. The van der Waals surface area contributed by atoms with Crippen LogP contribution in [-0.2, 0) is 16.4 Å². The van der Waals surface area contributed by atoms with Gasteiger partial charge in [0.15, 0.2) is 0 Å². The smallest absolute Gasteiger partial charge is 0.242 e. The number of nitrogens with one attached hydrogen (secondary N) is 2. The third-order valence-electron chi connectivity index (χ3n) is 2.49. The Morgan fingerprint density at radius 3 is 2.79 bits per heavy atom. The van der Waals surface area contributed by atoms with Crippen molar-refractivity contribution in [3.63, 3.8) is 0 Å². The summed E-state index contributed by atoms with van der Waals surface area (Å²) in [7, 11) is -3.57. The number of nitrogens with two attached hydrogens (primary N) is 1. The summed E-state index contributed by atoms with van der Waals surface area (Å²) in [6, 6.07) is 6.47. The van der Waals surface area contributed by atoms with E-state index >= 15 is 0 Å². The lowest BCUT2D eigenvalue weighted by Crippen LogP contribution is -2.27. The van der Waals surface area contributed by atoms with Crippen molar-refractivity contribution in [2.45, 2.75) is 11.3 Å². The SMILES string of the molecule is NNc1ccccc1S(=O)(=O)NCCc1cscn1. The van der Waals surface area contributed by atoms with E-state index in [1.54, 1.807) is 23.7 Å². The molecule has 1 aromatic carbocycles. The lowest BCUT2D eigenvalue weighted by Gasteiger charge is -2.10. The fourth-order valence-corrected chi connectivity index (χ4v) is 3.37. The van der Waals surface area contributed by atoms with E-state index in [2.05, 4.69) is 15.1 Å². The number of rotatable bonds is 6. The summed E-state index contributed by atoms with van der Waals surface area (Å²) in [6.07, 6.45) is 0.556. The Morgan fingerprint density at radius 2 is 2.11 bits per heavy atom. The van der Waals surface area contributed by atoms with Crippen molar-refractivity contribution < 1.29 is 8.42 Å². The molecule has 0 aliphatic carbocycles. The van der Waals surface area contributed by atoms with Crippen LogP contribution in [-0.4, -0.2) is 19.9 Å². The van der Waals surface area contributed by atoms with Gasteiger partial charge in [0.05, 0.1) is 16.9 Å². The molecule has 4 N–H and O–H groups in total. The van der Waals surface area contributed by atoms with E-state index in [0.717, 1.165) is 5.69 Å². The van der Waals surface area contributed by atoms with Crippen molar-refractivity contribution in [2.75, 3.05) is 12.0 Å². The van der Waals surface area contributed by atoms with Crippen LogP contribution in [0.3, 0.4) is 0 Å². The Kier molecular flexibility index (Phi) is 4.48. The summed E-state index contributed by atoms with van der Waals surface area (Å²) < 4.78 is 26.8. The second kappa shape index (κ2) is 6.11. The van der Waals surface area contributed by atoms with Crippen molar-refractivity contribution >= 4 is 27.0 Å². The number of thiazole rings is 1. The van der Waals surface area contributed by atoms with Crippen molar-refractivity contribution in [3.05, 3.63) is 40.8 Å². The van der Waals surface area contributed by atoms with Gasteiger partial charge in [-0.15, -0.1) is 11.3 Å². The molecule has 0 bridgehead atoms. The van der Waals surface area contributed by atoms with Crippen LogP contribution in [0.5, 0.6) is 0 Å². The van der Waals surface area contributed by atoms with Crippen LogP contribution in [0.2, 0.25) is 0 Å². The highest BCUT2D eigenvalue weighted by atomic mass is 32.2. The number of sulfonamides is 1. The molecule has 19 heavy (non-hydrogen) atoms. The van der Waals surface area contributed by atoms with Gasteiger partial charge in [-0.1, -0.05) is 12.1 Å². The van der Waals surface area contributed by atoms with Crippen LogP contribution in [0.4, 0.5) is 5.69 Å². The average Bonchev–Trinajstić information content (AvgIpc) is 2.91. The van der Waals surface area contributed by atoms with Gasteiger partial charge in [-0.25, -0.2) is 18.1 Å². The molecule has 0 aliphatic rings. The minimum atomic E-state index is -3.57. The highest BCUT2D eigenvalue weighted by Gasteiger charge is 2.17. The lowest BCUT2D eigenvalue weighted by atomic mass is 10.3. The van der Waals surface area contributed by atoms with Crippen molar-refractivity contribution in [2.24, 2.45) is 5.84 Å². The summed E-state index contributed by atoms with van der Waals surface area (Å²) in [4.78, 5) is 4.23. The van der Waals surface area contributed by atoms with Gasteiger partial charge in [-0.05, 0) is 12.1 Å². The predicted molar refractivity (Wildman–Crippen MR) is 75.3 cm³/mol. The number of hydrogen-bond acceptors (Lipinski definition) is 6. The third kappa shape index (κ3) is 3.51. The molecule has 2 aromatic rings. The molecule has 0 unspecified atom stereocenters. The molecule has 0 amide bonds. The molecule has 1 aromatic heterocycles. The monoisotopic (exact) mass is 298 g/mol. The fraction of sp³-hybridized carbons (Fsp3) is 0.182. The van der Waals surface area contributed by atoms with Crippen LogP contribution in [0.15, 0.2) is 40.1 Å². The number of aromatic nitrogens is 1. The van der Waals surface area contributed by atoms with E-state index in [4.69, 9.17) is 5.84 Å². The van der Waals surface area contributed by atoms with E-state index < -0.39 is 10.0 Å². The average molecular weight is 298 g/mol. The Bertz CT molecular complexity index is 626. The highest BCUT2D eigenvalue weighted by molar-refractivity contribution is 7.89. The Labute approximate surface area is 115 Å². The highest BCUT2D eigenvalue weighted by Crippen LogP contribution is 2.19. The number of hydrogen-bond donors (Lipinski definition) is 3. The van der Waals surface area contributed by atoms with Crippen LogP contribution in [0, 0.1) is 0 Å². The van der Waals surface area contributed by atoms with Crippen molar-refractivity contribution in [1.82, 2.24) is 9.71 Å². The molecule has 0 atom stereocenters. The largest absolute Gasteiger partial charge is 0.323 e. The van der Waals surface area contributed by atoms with Crippen molar-refractivity contribution in [3.8, 4) is 0 Å². The Morgan fingerprint density at radius 1 is 1.32 bits per heavy atom. The standard InChI is InChI=1S/C11H14N4O2S2/c12-15-10-3-1-2-4-11(10)19(16,17)14-6-5-9-7-18-8-13-9/h1-4,7-8,14-15H,5-6,12H2. The zero-order valence-corrected chi connectivity index (χ0v) is 11.7. The van der Waals surface area contributed by atoms with Crippen molar-refractivity contribution in [1.29, 1.82) is 0 Å². The molecule has 1 heterocycles. The number of nitrogen functional groups attached to an aromatic ring is 1. The summed E-state index contributed by atoms with van der Waals surface area (Å²) in [5.74, 6) is 5.30. The summed E-state index contributed by atoms with van der Waals surface area (Å²) in [5, 5.41) is 1.89. The summed E-state index contributed by atoms with van der Waals surface area (Å²) in [5.41, 5.74) is 5.33. The maximum absolute atomic E-state index is 12.1. The number of hydrazine groups is 1. The molecule has 2 rings (SSSR count). The van der Waals surface area contributed by atoms with Gasteiger partial charge in [-0.3, -0.25) is 5.84 Å². The zero-order chi connectivity index (χ0) is 13.7.